The summed E-state index contributed by atoms with van der Waals surface area (Å²) < 4.78 is 0. The number of rotatable bonds is 5. The molecule has 0 aromatic heterocycles. The van der Waals surface area contributed by atoms with Crippen molar-refractivity contribution in [1.82, 2.24) is 5.32 Å². The molecule has 1 aliphatic rings. The highest BCUT2D eigenvalue weighted by Gasteiger charge is 2.25. The number of anilines is 1. The third-order valence-corrected chi connectivity index (χ3v) is 3.32. The zero-order chi connectivity index (χ0) is 12.3. The Bertz CT molecular complexity index is 382. The van der Waals surface area contributed by atoms with Gasteiger partial charge in [-0.05, 0) is 43.0 Å². The first-order chi connectivity index (χ1) is 8.19. The number of carbonyl (C=O) groups is 1. The number of benzene rings is 1. The van der Waals surface area contributed by atoms with E-state index in [1.165, 1.54) is 12.8 Å². The van der Waals surface area contributed by atoms with Gasteiger partial charge in [0.05, 0.1) is 0 Å². The van der Waals surface area contributed by atoms with Crippen LogP contribution in [0.15, 0.2) is 24.3 Å². The summed E-state index contributed by atoms with van der Waals surface area (Å²) in [6.07, 6.45) is 4.77. The SMILES string of the molecule is CCC(CC1CC1)NC(=O)c1ccc(N)cc1. The zero-order valence-electron chi connectivity index (χ0n) is 10.3. The molecule has 1 amide bonds. The van der Waals surface area contributed by atoms with Crippen molar-refractivity contribution in [3.05, 3.63) is 29.8 Å². The largest absolute Gasteiger partial charge is 0.399 e. The van der Waals surface area contributed by atoms with Crippen LogP contribution in [0.4, 0.5) is 5.69 Å². The average Bonchev–Trinajstić information content (AvgIpc) is 3.13. The summed E-state index contributed by atoms with van der Waals surface area (Å²) in [7, 11) is 0. The van der Waals surface area contributed by atoms with Crippen LogP contribution in [-0.4, -0.2) is 11.9 Å². The van der Waals surface area contributed by atoms with Gasteiger partial charge < -0.3 is 11.1 Å². The van der Waals surface area contributed by atoms with Crippen molar-refractivity contribution in [2.24, 2.45) is 5.92 Å². The molecule has 1 aliphatic carbocycles. The molecule has 92 valence electrons. The minimum Gasteiger partial charge on any atom is -0.399 e. The number of amides is 1. The van der Waals surface area contributed by atoms with Gasteiger partial charge in [-0.25, -0.2) is 0 Å². The predicted octanol–water partition coefficient (Wildman–Crippen LogP) is 2.58. The van der Waals surface area contributed by atoms with Crippen LogP contribution in [-0.2, 0) is 0 Å². The molecule has 3 heteroatoms. The van der Waals surface area contributed by atoms with Crippen LogP contribution < -0.4 is 11.1 Å². The first-order valence-corrected chi connectivity index (χ1v) is 6.35. The molecule has 0 heterocycles. The molecule has 3 nitrogen and oxygen atoms in total. The molecular formula is C14H20N2O. The molecule has 0 spiro atoms. The fourth-order valence-corrected chi connectivity index (χ4v) is 1.99. The van der Waals surface area contributed by atoms with Crippen LogP contribution in [0.5, 0.6) is 0 Å². The summed E-state index contributed by atoms with van der Waals surface area (Å²) in [5, 5.41) is 3.09. The quantitative estimate of drug-likeness (QED) is 0.767. The Morgan fingerprint density at radius 1 is 1.41 bits per heavy atom. The van der Waals surface area contributed by atoms with E-state index in [1.807, 2.05) is 0 Å². The Morgan fingerprint density at radius 2 is 2.06 bits per heavy atom. The van der Waals surface area contributed by atoms with Gasteiger partial charge in [-0.1, -0.05) is 19.8 Å². The third-order valence-electron chi connectivity index (χ3n) is 3.32. The summed E-state index contributed by atoms with van der Waals surface area (Å²) in [5.41, 5.74) is 6.97. The van der Waals surface area contributed by atoms with Crippen molar-refractivity contribution in [1.29, 1.82) is 0 Å². The summed E-state index contributed by atoms with van der Waals surface area (Å²) in [6.45, 7) is 2.12. The lowest BCUT2D eigenvalue weighted by Gasteiger charge is -2.16. The Balaban J connectivity index is 1.92. The van der Waals surface area contributed by atoms with E-state index in [4.69, 9.17) is 5.73 Å². The van der Waals surface area contributed by atoms with E-state index < -0.39 is 0 Å². The van der Waals surface area contributed by atoms with Crippen molar-refractivity contribution < 1.29 is 4.79 Å². The number of hydrogen-bond acceptors (Lipinski definition) is 2. The number of nitrogens with two attached hydrogens (primary N) is 1. The summed E-state index contributed by atoms with van der Waals surface area (Å²) in [4.78, 5) is 12.0. The Labute approximate surface area is 102 Å². The first kappa shape index (κ1) is 12.0. The smallest absolute Gasteiger partial charge is 0.251 e. The Morgan fingerprint density at radius 3 is 2.59 bits per heavy atom. The standard InChI is InChI=1S/C14H20N2O/c1-2-13(9-10-3-4-10)16-14(17)11-5-7-12(15)8-6-11/h5-8,10,13H,2-4,9,15H2,1H3,(H,16,17). The van der Waals surface area contributed by atoms with Crippen molar-refractivity contribution in [2.75, 3.05) is 5.73 Å². The number of hydrogen-bond donors (Lipinski definition) is 2. The van der Waals surface area contributed by atoms with E-state index in [9.17, 15) is 4.79 Å². The molecule has 2 rings (SSSR count). The van der Waals surface area contributed by atoms with Gasteiger partial charge in [0.25, 0.3) is 5.91 Å². The molecule has 1 unspecified atom stereocenters. The van der Waals surface area contributed by atoms with E-state index in [2.05, 4.69) is 12.2 Å². The van der Waals surface area contributed by atoms with Crippen LogP contribution in [0.25, 0.3) is 0 Å². The van der Waals surface area contributed by atoms with Crippen LogP contribution in [0.2, 0.25) is 0 Å². The molecule has 0 bridgehead atoms. The third kappa shape index (κ3) is 3.48. The normalized spacial score (nSPS) is 16.5. The van der Waals surface area contributed by atoms with Crippen molar-refractivity contribution >= 4 is 11.6 Å². The van der Waals surface area contributed by atoms with Crippen LogP contribution >= 0.6 is 0 Å². The number of nitrogens with one attached hydrogen (secondary N) is 1. The lowest BCUT2D eigenvalue weighted by atomic mass is 10.1. The molecule has 3 N–H and O–H groups in total. The first-order valence-electron chi connectivity index (χ1n) is 6.35. The van der Waals surface area contributed by atoms with Crippen molar-refractivity contribution in [3.63, 3.8) is 0 Å². The molecule has 17 heavy (non-hydrogen) atoms. The Hall–Kier alpha value is -1.51. The second-order valence-electron chi connectivity index (χ2n) is 4.88. The lowest BCUT2D eigenvalue weighted by Crippen LogP contribution is -2.34. The van der Waals surface area contributed by atoms with Gasteiger partial charge in [-0.2, -0.15) is 0 Å². The van der Waals surface area contributed by atoms with E-state index in [0.717, 1.165) is 18.8 Å². The van der Waals surface area contributed by atoms with Crippen LogP contribution in [0.3, 0.4) is 0 Å². The molecule has 1 atom stereocenters. The van der Waals surface area contributed by atoms with Gasteiger partial charge in [-0.15, -0.1) is 0 Å². The Kier molecular flexibility index (Phi) is 3.67. The lowest BCUT2D eigenvalue weighted by molar-refractivity contribution is 0.0932. The minimum atomic E-state index is 0.0116. The molecule has 0 radical (unpaired) electrons. The van der Waals surface area contributed by atoms with Gasteiger partial charge in [0.2, 0.25) is 0 Å². The monoisotopic (exact) mass is 232 g/mol. The molecule has 1 fully saturated rings. The van der Waals surface area contributed by atoms with E-state index >= 15 is 0 Å². The zero-order valence-corrected chi connectivity index (χ0v) is 10.3. The fourth-order valence-electron chi connectivity index (χ4n) is 1.99. The maximum absolute atomic E-state index is 12.0. The second kappa shape index (κ2) is 5.21. The van der Waals surface area contributed by atoms with E-state index in [-0.39, 0.29) is 5.91 Å². The minimum absolute atomic E-state index is 0.0116. The van der Waals surface area contributed by atoms with Crippen molar-refractivity contribution in [3.8, 4) is 0 Å². The predicted molar refractivity (Wildman–Crippen MR) is 69.7 cm³/mol. The van der Waals surface area contributed by atoms with Gasteiger partial charge >= 0.3 is 0 Å². The van der Waals surface area contributed by atoms with Crippen molar-refractivity contribution in [2.45, 2.75) is 38.6 Å². The molecule has 1 saturated carbocycles. The molecule has 1 aromatic rings. The highest BCUT2D eigenvalue weighted by molar-refractivity contribution is 5.94. The second-order valence-corrected chi connectivity index (χ2v) is 4.88. The van der Waals surface area contributed by atoms with E-state index in [0.29, 0.717) is 17.3 Å². The average molecular weight is 232 g/mol. The number of carbonyl (C=O) groups excluding carboxylic acids is 1. The summed E-state index contributed by atoms with van der Waals surface area (Å²) in [5.74, 6) is 0.851. The van der Waals surface area contributed by atoms with Gasteiger partial charge in [-0.3, -0.25) is 4.79 Å². The number of nitrogen functional groups attached to an aromatic ring is 1. The maximum atomic E-state index is 12.0. The van der Waals surface area contributed by atoms with Gasteiger partial charge in [0, 0.05) is 17.3 Å². The molecule has 0 saturated heterocycles. The van der Waals surface area contributed by atoms with Gasteiger partial charge in [0.1, 0.15) is 0 Å². The van der Waals surface area contributed by atoms with Crippen LogP contribution in [0, 0.1) is 5.92 Å². The van der Waals surface area contributed by atoms with Crippen LogP contribution in [0.1, 0.15) is 43.0 Å². The molecule has 0 aliphatic heterocycles. The summed E-state index contributed by atoms with van der Waals surface area (Å²) >= 11 is 0. The van der Waals surface area contributed by atoms with E-state index in [1.54, 1.807) is 24.3 Å². The molecular weight excluding hydrogens is 212 g/mol. The fraction of sp³-hybridized carbons (Fsp3) is 0.500. The highest BCUT2D eigenvalue weighted by Crippen LogP contribution is 2.34. The topological polar surface area (TPSA) is 55.1 Å². The maximum Gasteiger partial charge on any atom is 0.251 e. The van der Waals surface area contributed by atoms with Gasteiger partial charge in [0.15, 0.2) is 0 Å². The highest BCUT2D eigenvalue weighted by atomic mass is 16.1. The summed E-state index contributed by atoms with van der Waals surface area (Å²) in [6, 6.07) is 7.38. The molecule has 1 aromatic carbocycles.